The van der Waals surface area contributed by atoms with Crippen LogP contribution in [0, 0.1) is 6.92 Å². The molecular weight excluding hydrogens is 420 g/mol. The number of nitrogens with zero attached hydrogens (tertiary/aromatic N) is 2. The van der Waals surface area contributed by atoms with Gasteiger partial charge in [-0.2, -0.15) is 4.31 Å². The summed E-state index contributed by atoms with van der Waals surface area (Å²) in [6.45, 7) is 1.66. The monoisotopic (exact) mass is 442 g/mol. The molecule has 0 aliphatic heterocycles. The Bertz CT molecular complexity index is 1100. The van der Waals surface area contributed by atoms with Crippen molar-refractivity contribution in [2.24, 2.45) is 0 Å². The molecule has 5 nitrogen and oxygen atoms in total. The summed E-state index contributed by atoms with van der Waals surface area (Å²) in [5.74, 6) is -0.328. The highest BCUT2D eigenvalue weighted by atomic mass is 35.5. The number of carbonyl (C=O) groups excluding carboxylic acids is 1. The van der Waals surface area contributed by atoms with E-state index in [1.807, 2.05) is 25.1 Å². The van der Waals surface area contributed by atoms with E-state index in [1.54, 1.807) is 67.7 Å². The van der Waals surface area contributed by atoms with E-state index >= 15 is 0 Å². The first kappa shape index (κ1) is 22.0. The van der Waals surface area contributed by atoms with Crippen LogP contribution in [0.5, 0.6) is 0 Å². The number of likely N-dealkylation sites (N-methyl/N-ethyl adjacent to an activating group) is 1. The minimum absolute atomic E-state index is 0.0573. The van der Waals surface area contributed by atoms with Crippen LogP contribution >= 0.6 is 11.6 Å². The number of anilines is 1. The maximum atomic E-state index is 13.3. The fourth-order valence-corrected chi connectivity index (χ4v) is 4.43. The van der Waals surface area contributed by atoms with Crippen molar-refractivity contribution < 1.29 is 13.2 Å². The van der Waals surface area contributed by atoms with Gasteiger partial charge in [-0.25, -0.2) is 8.42 Å². The van der Waals surface area contributed by atoms with Gasteiger partial charge in [-0.15, -0.1) is 0 Å². The molecule has 0 spiro atoms. The summed E-state index contributed by atoms with van der Waals surface area (Å²) in [6, 6.07) is 22.6. The lowest BCUT2D eigenvalue weighted by Crippen LogP contribution is -2.41. The average molecular weight is 443 g/mol. The van der Waals surface area contributed by atoms with Crippen LogP contribution in [0.25, 0.3) is 0 Å². The van der Waals surface area contributed by atoms with Crippen LogP contribution in [-0.2, 0) is 21.4 Å². The number of benzene rings is 3. The quantitative estimate of drug-likeness (QED) is 0.541. The SMILES string of the molecule is Cc1ccc(S(=O)(=O)N(CC(=O)N(C)c2ccccc2)Cc2ccc(Cl)cc2)cc1. The second kappa shape index (κ2) is 9.43. The van der Waals surface area contributed by atoms with Crippen molar-refractivity contribution in [1.82, 2.24) is 4.31 Å². The molecule has 3 rings (SSSR count). The van der Waals surface area contributed by atoms with E-state index in [9.17, 15) is 13.2 Å². The molecule has 0 N–H and O–H groups in total. The highest BCUT2D eigenvalue weighted by Gasteiger charge is 2.28. The molecule has 0 aromatic heterocycles. The Kier molecular flexibility index (Phi) is 6.92. The summed E-state index contributed by atoms with van der Waals surface area (Å²) in [6.07, 6.45) is 0. The molecule has 0 aliphatic carbocycles. The molecular formula is C23H23ClN2O3S. The third kappa shape index (κ3) is 5.27. The fraction of sp³-hybridized carbons (Fsp3) is 0.174. The van der Waals surface area contributed by atoms with Crippen LogP contribution in [0.2, 0.25) is 5.02 Å². The smallest absolute Gasteiger partial charge is 0.243 e. The van der Waals surface area contributed by atoms with E-state index in [4.69, 9.17) is 11.6 Å². The van der Waals surface area contributed by atoms with Crippen molar-refractivity contribution in [2.75, 3.05) is 18.5 Å². The highest BCUT2D eigenvalue weighted by Crippen LogP contribution is 2.21. The largest absolute Gasteiger partial charge is 0.314 e. The van der Waals surface area contributed by atoms with Crippen LogP contribution in [-0.4, -0.2) is 32.2 Å². The fourth-order valence-electron chi connectivity index (χ4n) is 2.93. The molecule has 0 heterocycles. The Balaban J connectivity index is 1.91. The lowest BCUT2D eigenvalue weighted by molar-refractivity contribution is -0.118. The van der Waals surface area contributed by atoms with Crippen LogP contribution in [0.1, 0.15) is 11.1 Å². The summed E-state index contributed by atoms with van der Waals surface area (Å²) in [4.78, 5) is 14.5. The first-order chi connectivity index (χ1) is 14.3. The number of halogens is 1. The zero-order chi connectivity index (χ0) is 21.7. The van der Waals surface area contributed by atoms with Gasteiger partial charge in [-0.05, 0) is 48.9 Å². The molecule has 7 heteroatoms. The van der Waals surface area contributed by atoms with Crippen molar-refractivity contribution in [3.8, 4) is 0 Å². The summed E-state index contributed by atoms with van der Waals surface area (Å²) in [5.41, 5.74) is 2.39. The molecule has 30 heavy (non-hydrogen) atoms. The van der Waals surface area contributed by atoms with E-state index in [1.165, 1.54) is 9.21 Å². The van der Waals surface area contributed by atoms with Gasteiger partial charge in [0.25, 0.3) is 0 Å². The summed E-state index contributed by atoms with van der Waals surface area (Å²) in [5, 5.41) is 0.562. The second-order valence-corrected chi connectivity index (χ2v) is 9.38. The van der Waals surface area contributed by atoms with Crippen LogP contribution in [0.15, 0.2) is 83.8 Å². The molecule has 0 saturated heterocycles. The Hall–Kier alpha value is -2.67. The number of rotatable bonds is 7. The summed E-state index contributed by atoms with van der Waals surface area (Å²) >= 11 is 5.95. The van der Waals surface area contributed by atoms with E-state index in [2.05, 4.69) is 0 Å². The van der Waals surface area contributed by atoms with E-state index < -0.39 is 10.0 Å². The number of hydrogen-bond acceptors (Lipinski definition) is 3. The van der Waals surface area contributed by atoms with Crippen LogP contribution in [0.3, 0.4) is 0 Å². The zero-order valence-electron chi connectivity index (χ0n) is 16.8. The van der Waals surface area contributed by atoms with Crippen molar-refractivity contribution in [1.29, 1.82) is 0 Å². The number of hydrogen-bond donors (Lipinski definition) is 0. The Morgan fingerprint density at radius 1 is 0.900 bits per heavy atom. The predicted molar refractivity (Wildman–Crippen MR) is 120 cm³/mol. The van der Waals surface area contributed by atoms with Crippen molar-refractivity contribution in [3.63, 3.8) is 0 Å². The molecule has 156 valence electrons. The van der Waals surface area contributed by atoms with Gasteiger partial charge in [-0.1, -0.05) is 59.6 Å². The average Bonchev–Trinajstić information content (AvgIpc) is 2.75. The molecule has 3 aromatic rings. The second-order valence-electron chi connectivity index (χ2n) is 7.00. The zero-order valence-corrected chi connectivity index (χ0v) is 18.4. The molecule has 0 saturated carbocycles. The Morgan fingerprint density at radius 3 is 2.10 bits per heavy atom. The normalized spacial score (nSPS) is 11.5. The molecule has 0 fully saturated rings. The van der Waals surface area contributed by atoms with Crippen molar-refractivity contribution >= 4 is 33.2 Å². The highest BCUT2D eigenvalue weighted by molar-refractivity contribution is 7.89. The number of sulfonamides is 1. The molecule has 0 unspecified atom stereocenters. The van der Waals surface area contributed by atoms with E-state index in [0.29, 0.717) is 10.7 Å². The van der Waals surface area contributed by atoms with Gasteiger partial charge in [0.2, 0.25) is 15.9 Å². The van der Waals surface area contributed by atoms with Crippen molar-refractivity contribution in [3.05, 3.63) is 95.0 Å². The maximum absolute atomic E-state index is 13.3. The lowest BCUT2D eigenvalue weighted by Gasteiger charge is -2.25. The molecule has 0 bridgehead atoms. The van der Waals surface area contributed by atoms with Gasteiger partial charge in [0.05, 0.1) is 11.4 Å². The van der Waals surface area contributed by atoms with Crippen molar-refractivity contribution in [2.45, 2.75) is 18.4 Å². The third-order valence-corrected chi connectivity index (χ3v) is 6.82. The number of amides is 1. The third-order valence-electron chi connectivity index (χ3n) is 4.76. The number of carbonyl (C=O) groups is 1. The lowest BCUT2D eigenvalue weighted by atomic mass is 10.2. The van der Waals surface area contributed by atoms with Crippen LogP contribution in [0.4, 0.5) is 5.69 Å². The first-order valence-corrected chi connectivity index (χ1v) is 11.2. The first-order valence-electron chi connectivity index (χ1n) is 9.40. The van der Waals surface area contributed by atoms with Gasteiger partial charge in [-0.3, -0.25) is 4.79 Å². The molecule has 0 atom stereocenters. The molecule has 3 aromatic carbocycles. The summed E-state index contributed by atoms with van der Waals surface area (Å²) < 4.78 is 27.9. The molecule has 0 aliphatic rings. The summed E-state index contributed by atoms with van der Waals surface area (Å²) in [7, 11) is -2.25. The van der Waals surface area contributed by atoms with Gasteiger partial charge in [0.15, 0.2) is 0 Å². The van der Waals surface area contributed by atoms with Gasteiger partial charge >= 0.3 is 0 Å². The van der Waals surface area contributed by atoms with E-state index in [-0.39, 0.29) is 23.9 Å². The number of para-hydroxylation sites is 1. The Labute approximate surface area is 182 Å². The Morgan fingerprint density at radius 2 is 1.50 bits per heavy atom. The number of aryl methyl sites for hydroxylation is 1. The van der Waals surface area contributed by atoms with Gasteiger partial charge in [0.1, 0.15) is 0 Å². The molecule has 1 amide bonds. The molecule has 0 radical (unpaired) electrons. The topological polar surface area (TPSA) is 57.7 Å². The minimum atomic E-state index is -3.88. The minimum Gasteiger partial charge on any atom is -0.314 e. The van der Waals surface area contributed by atoms with Gasteiger partial charge < -0.3 is 4.90 Å². The van der Waals surface area contributed by atoms with Gasteiger partial charge in [0, 0.05) is 24.3 Å². The predicted octanol–water partition coefficient (Wildman–Crippen LogP) is 4.50. The maximum Gasteiger partial charge on any atom is 0.243 e. The van der Waals surface area contributed by atoms with E-state index in [0.717, 1.165) is 11.1 Å². The standard InChI is InChI=1S/C23H23ClN2O3S/c1-18-8-14-22(15-9-18)30(28,29)26(16-19-10-12-20(24)13-11-19)17-23(27)25(2)21-6-4-3-5-7-21/h3-15H,16-17H2,1-2H3. The van der Waals surface area contributed by atoms with Crippen LogP contribution < -0.4 is 4.90 Å².